The number of para-hydroxylation sites is 2. The molecule has 0 spiro atoms. The minimum Gasteiger partial charge on any atom is -1.00 e. The summed E-state index contributed by atoms with van der Waals surface area (Å²) in [7, 11) is 1.74. The lowest BCUT2D eigenvalue weighted by atomic mass is 10.1. The van der Waals surface area contributed by atoms with Crippen LogP contribution in [0.2, 0.25) is 0 Å². The Balaban J connectivity index is 0.00000196. The fourth-order valence-corrected chi connectivity index (χ4v) is 3.91. The van der Waals surface area contributed by atoms with Crippen molar-refractivity contribution < 1.29 is 26.3 Å². The maximum absolute atomic E-state index is 5.66. The summed E-state index contributed by atoms with van der Waals surface area (Å²) < 4.78 is 11.6. The number of nitrogens with zero attached hydrogens (tertiary/aromatic N) is 2. The van der Waals surface area contributed by atoms with Crippen molar-refractivity contribution in [2.24, 2.45) is 0 Å². The molecule has 0 aliphatic carbocycles. The first-order chi connectivity index (χ1) is 12.3. The van der Waals surface area contributed by atoms with Crippen LogP contribution >= 0.6 is 15.9 Å². The lowest BCUT2D eigenvalue weighted by Gasteiger charge is -2.09. The Hall–Kier alpha value is -1.59. The van der Waals surface area contributed by atoms with Gasteiger partial charge in [-0.1, -0.05) is 28.1 Å². The van der Waals surface area contributed by atoms with Gasteiger partial charge in [-0.05, 0) is 55.7 Å². The molecule has 0 unspecified atom stereocenters. The predicted molar refractivity (Wildman–Crippen MR) is 103 cm³/mol. The molecule has 0 saturated heterocycles. The molecule has 2 aromatic carbocycles. The average Bonchev–Trinajstić information content (AvgIpc) is 2.84. The van der Waals surface area contributed by atoms with E-state index in [0.29, 0.717) is 0 Å². The molecule has 3 nitrogen and oxygen atoms in total. The topological polar surface area (TPSA) is 18.0 Å². The van der Waals surface area contributed by atoms with Gasteiger partial charge in [0.05, 0.1) is 13.7 Å². The third-order valence-electron chi connectivity index (χ3n) is 4.87. The first-order valence-corrected chi connectivity index (χ1v) is 9.60. The second kappa shape index (κ2) is 8.40. The molecule has 1 aromatic heterocycles. The van der Waals surface area contributed by atoms with Gasteiger partial charge in [-0.2, -0.15) is 4.57 Å². The average molecular weight is 478 g/mol. The third kappa shape index (κ3) is 3.60. The van der Waals surface area contributed by atoms with E-state index >= 15 is 0 Å². The number of rotatable bonds is 3. The van der Waals surface area contributed by atoms with Gasteiger partial charge in [0.25, 0.3) is 5.82 Å². The van der Waals surface area contributed by atoms with Gasteiger partial charge in [0.15, 0.2) is 17.1 Å². The normalized spacial score (nSPS) is 13.5. The lowest BCUT2D eigenvalue weighted by Crippen LogP contribution is -3.00. The summed E-state index contributed by atoms with van der Waals surface area (Å²) in [6, 6.07) is 16.8. The van der Waals surface area contributed by atoms with Gasteiger partial charge in [-0.3, -0.25) is 0 Å². The van der Waals surface area contributed by atoms with Crippen LogP contribution in [0.4, 0.5) is 0 Å². The highest BCUT2D eigenvalue weighted by atomic mass is 79.9. The second-order valence-electron chi connectivity index (χ2n) is 6.45. The molecule has 4 rings (SSSR count). The molecule has 136 valence electrons. The van der Waals surface area contributed by atoms with Crippen molar-refractivity contribution in [3.05, 3.63) is 65.0 Å². The van der Waals surface area contributed by atoms with Crippen LogP contribution in [0.5, 0.6) is 5.75 Å². The smallest absolute Gasteiger partial charge is 0.262 e. The molecular weight excluding hydrogens is 456 g/mol. The Morgan fingerprint density at radius 2 is 1.77 bits per heavy atom. The fourth-order valence-electron chi connectivity index (χ4n) is 3.65. The third-order valence-corrected chi connectivity index (χ3v) is 5.40. The monoisotopic (exact) mass is 476 g/mol. The van der Waals surface area contributed by atoms with Crippen LogP contribution in [0.1, 0.15) is 25.1 Å². The highest BCUT2D eigenvalue weighted by molar-refractivity contribution is 9.10. The summed E-state index contributed by atoms with van der Waals surface area (Å²) in [4.78, 5) is 0. The zero-order valence-electron chi connectivity index (χ0n) is 14.8. The fraction of sp³-hybridized carbons (Fsp3) is 0.286. The predicted octanol–water partition coefficient (Wildman–Crippen LogP) is 1.93. The van der Waals surface area contributed by atoms with Crippen molar-refractivity contribution in [3.8, 4) is 22.7 Å². The zero-order valence-corrected chi connectivity index (χ0v) is 18.0. The molecule has 0 amide bonds. The van der Waals surface area contributed by atoms with E-state index in [1.165, 1.54) is 36.3 Å². The Bertz CT molecular complexity index is 888. The van der Waals surface area contributed by atoms with Gasteiger partial charge < -0.3 is 21.7 Å². The number of methoxy groups -OCH3 is 1. The van der Waals surface area contributed by atoms with E-state index in [4.69, 9.17) is 4.74 Å². The summed E-state index contributed by atoms with van der Waals surface area (Å²) in [6.07, 6.45) is 7.17. The van der Waals surface area contributed by atoms with E-state index in [1.54, 1.807) is 7.11 Å². The number of imidazole rings is 1. The maximum atomic E-state index is 5.66. The number of aromatic nitrogens is 2. The molecular formula is C21H22Br2N2O. The molecule has 0 saturated carbocycles. The quantitative estimate of drug-likeness (QED) is 0.527. The van der Waals surface area contributed by atoms with Crippen LogP contribution in [-0.2, 0) is 13.0 Å². The molecule has 1 aliphatic rings. The van der Waals surface area contributed by atoms with Crippen LogP contribution in [0.15, 0.2) is 59.2 Å². The molecule has 0 N–H and O–H groups in total. The Morgan fingerprint density at radius 3 is 2.54 bits per heavy atom. The van der Waals surface area contributed by atoms with E-state index in [2.05, 4.69) is 67.7 Å². The number of hydrogen-bond donors (Lipinski definition) is 0. The van der Waals surface area contributed by atoms with Crippen molar-refractivity contribution in [2.75, 3.05) is 7.11 Å². The van der Waals surface area contributed by atoms with Crippen LogP contribution < -0.4 is 26.3 Å². The van der Waals surface area contributed by atoms with Crippen LogP contribution in [0.3, 0.4) is 0 Å². The molecule has 5 heteroatoms. The van der Waals surface area contributed by atoms with Crippen LogP contribution in [0, 0.1) is 0 Å². The Morgan fingerprint density at radius 1 is 1.00 bits per heavy atom. The lowest BCUT2D eigenvalue weighted by molar-refractivity contribution is -0.702. The summed E-state index contributed by atoms with van der Waals surface area (Å²) in [5.41, 5.74) is 3.54. The number of aryl methyl sites for hydroxylation is 1. The molecule has 2 heterocycles. The van der Waals surface area contributed by atoms with Crippen molar-refractivity contribution in [2.45, 2.75) is 32.2 Å². The van der Waals surface area contributed by atoms with Gasteiger partial charge in [0.2, 0.25) is 0 Å². The number of ether oxygens (including phenoxy) is 1. The first kappa shape index (κ1) is 19.2. The second-order valence-corrected chi connectivity index (χ2v) is 7.36. The van der Waals surface area contributed by atoms with Crippen molar-refractivity contribution >= 4 is 15.9 Å². The van der Waals surface area contributed by atoms with Gasteiger partial charge in [0, 0.05) is 16.5 Å². The van der Waals surface area contributed by atoms with Gasteiger partial charge in [-0.25, -0.2) is 4.57 Å². The Kier molecular flexibility index (Phi) is 6.20. The summed E-state index contributed by atoms with van der Waals surface area (Å²) in [5, 5.41) is 0. The molecule has 0 radical (unpaired) electrons. The molecule has 26 heavy (non-hydrogen) atoms. The molecule has 0 bridgehead atoms. The van der Waals surface area contributed by atoms with Crippen molar-refractivity contribution in [1.29, 1.82) is 0 Å². The van der Waals surface area contributed by atoms with E-state index < -0.39 is 0 Å². The SMILES string of the molecule is COc1ccccc1-n1c(-c2ccc(Br)cc2)c[n+]2c1CCCCC2.[Br-]. The highest BCUT2D eigenvalue weighted by Crippen LogP contribution is 2.31. The highest BCUT2D eigenvalue weighted by Gasteiger charge is 2.28. The minimum atomic E-state index is 0. The number of hydrogen-bond acceptors (Lipinski definition) is 1. The Labute approximate surface area is 173 Å². The summed E-state index contributed by atoms with van der Waals surface area (Å²) >= 11 is 3.54. The van der Waals surface area contributed by atoms with E-state index in [9.17, 15) is 0 Å². The largest absolute Gasteiger partial charge is 1.00 e. The van der Waals surface area contributed by atoms with Crippen LogP contribution in [-0.4, -0.2) is 11.7 Å². The molecule has 1 aliphatic heterocycles. The molecule has 0 atom stereocenters. The summed E-state index contributed by atoms with van der Waals surface area (Å²) in [6.45, 7) is 1.08. The minimum absolute atomic E-state index is 0. The zero-order chi connectivity index (χ0) is 17.2. The van der Waals surface area contributed by atoms with Gasteiger partial charge >= 0.3 is 0 Å². The van der Waals surface area contributed by atoms with E-state index in [0.717, 1.165) is 28.9 Å². The van der Waals surface area contributed by atoms with Crippen LogP contribution in [0.25, 0.3) is 16.9 Å². The number of benzene rings is 2. The number of fused-ring (bicyclic) bond motifs is 1. The summed E-state index contributed by atoms with van der Waals surface area (Å²) in [5.74, 6) is 2.27. The van der Waals surface area contributed by atoms with E-state index in [-0.39, 0.29) is 17.0 Å². The van der Waals surface area contributed by atoms with Gasteiger partial charge in [0.1, 0.15) is 6.20 Å². The first-order valence-electron chi connectivity index (χ1n) is 8.81. The number of halogens is 2. The van der Waals surface area contributed by atoms with Gasteiger partial charge in [-0.15, -0.1) is 0 Å². The van der Waals surface area contributed by atoms with Crippen molar-refractivity contribution in [3.63, 3.8) is 0 Å². The van der Waals surface area contributed by atoms with E-state index in [1.807, 2.05) is 12.1 Å². The molecule has 0 fully saturated rings. The van der Waals surface area contributed by atoms with Crippen molar-refractivity contribution in [1.82, 2.24) is 4.57 Å². The molecule has 3 aromatic rings. The standard InChI is InChI=1S/C21H22BrN2O.BrH/c1-25-20-8-5-4-7-18(20)24-19(16-10-12-17(22)13-11-16)15-23-14-6-2-3-9-21(23)24;/h4-5,7-8,10-13,15H,2-3,6,9,14H2,1H3;1H/q+1;/p-1. The maximum Gasteiger partial charge on any atom is 0.262 e.